The molecule has 29 heavy (non-hydrogen) atoms. The normalized spacial score (nSPS) is 11.4. The van der Waals surface area contributed by atoms with Gasteiger partial charge in [0, 0.05) is 11.6 Å². The van der Waals surface area contributed by atoms with E-state index in [0.717, 1.165) is 11.1 Å². The number of benzene rings is 3. The van der Waals surface area contributed by atoms with Crippen molar-refractivity contribution >= 4 is 14.0 Å². The fourth-order valence-corrected chi connectivity index (χ4v) is 3.59. The summed E-state index contributed by atoms with van der Waals surface area (Å²) in [7, 11) is -3.94. The van der Waals surface area contributed by atoms with Crippen LogP contribution in [0.5, 0.6) is 23.0 Å². The van der Waals surface area contributed by atoms with E-state index in [0.29, 0.717) is 17.1 Å². The van der Waals surface area contributed by atoms with Crippen molar-refractivity contribution in [2.45, 2.75) is 13.8 Å². The van der Waals surface area contributed by atoms with E-state index in [1.807, 2.05) is 26.0 Å². The highest BCUT2D eigenvalue weighted by atomic mass is 31.2. The summed E-state index contributed by atoms with van der Waals surface area (Å²) in [5.74, 6) is 0.459. The average molecular weight is 412 g/mol. The van der Waals surface area contributed by atoms with Crippen LogP contribution in [0.25, 0.3) is 0 Å². The number of nitrogens with zero attached hydrogens (tertiary/aromatic N) is 1. The first-order chi connectivity index (χ1) is 13.8. The molecule has 0 saturated heterocycles. The van der Waals surface area contributed by atoms with Crippen molar-refractivity contribution in [3.05, 3.63) is 83.4 Å². The van der Waals surface area contributed by atoms with E-state index >= 15 is 0 Å². The lowest BCUT2D eigenvalue weighted by atomic mass is 10.2. The molecule has 0 radical (unpaired) electrons. The molecule has 0 aliphatic rings. The molecule has 150 valence electrons. The highest BCUT2D eigenvalue weighted by molar-refractivity contribution is 7.52. The van der Waals surface area contributed by atoms with E-state index in [1.54, 1.807) is 36.4 Å². The second kappa shape index (κ2) is 8.71. The Bertz CT molecular complexity index is 1030. The van der Waals surface area contributed by atoms with Gasteiger partial charge in [0.25, 0.3) is 0 Å². The quantitative estimate of drug-likeness (QED) is 0.290. The molecule has 0 saturated carbocycles. The average Bonchev–Trinajstić information content (AvgIpc) is 2.63. The molecule has 0 aliphatic heterocycles. The Balaban J connectivity index is 1.85. The van der Waals surface area contributed by atoms with Crippen LogP contribution in [0.3, 0.4) is 0 Å². The molecule has 0 spiro atoms. The van der Waals surface area contributed by atoms with Crippen molar-refractivity contribution in [3.8, 4) is 23.0 Å². The minimum absolute atomic E-state index is 0.0798. The first-order valence-corrected chi connectivity index (χ1v) is 10.3. The van der Waals surface area contributed by atoms with Crippen LogP contribution in [0.4, 0.5) is 0 Å². The SMILES string of the molecule is Cc1cccc(OP(=O)(N/N=C\c2ccc(O)cc2O)Oc2cccc(C)c2)c1. The number of rotatable bonds is 7. The van der Waals surface area contributed by atoms with E-state index in [4.69, 9.17) is 9.05 Å². The number of phenolic OH excluding ortho intramolecular Hbond substituents is 2. The molecule has 0 fully saturated rings. The minimum atomic E-state index is -3.94. The van der Waals surface area contributed by atoms with Crippen LogP contribution >= 0.6 is 7.75 Å². The predicted molar refractivity (Wildman–Crippen MR) is 112 cm³/mol. The van der Waals surface area contributed by atoms with Gasteiger partial charge in [0.05, 0.1) is 6.21 Å². The molecular formula is C21H21N2O5P. The number of hydrazone groups is 1. The smallest absolute Gasteiger partial charge is 0.508 e. The lowest BCUT2D eigenvalue weighted by Gasteiger charge is -2.19. The summed E-state index contributed by atoms with van der Waals surface area (Å²) in [6.07, 6.45) is 1.25. The zero-order valence-corrected chi connectivity index (χ0v) is 16.8. The monoisotopic (exact) mass is 412 g/mol. The number of aromatic hydroxyl groups is 2. The molecular weight excluding hydrogens is 391 g/mol. The lowest BCUT2D eigenvalue weighted by Crippen LogP contribution is -2.14. The number of phenols is 2. The van der Waals surface area contributed by atoms with E-state index < -0.39 is 7.75 Å². The summed E-state index contributed by atoms with van der Waals surface area (Å²) >= 11 is 0. The van der Waals surface area contributed by atoms with Gasteiger partial charge in [-0.15, -0.1) is 0 Å². The Morgan fingerprint density at radius 1 is 0.897 bits per heavy atom. The third kappa shape index (κ3) is 5.77. The van der Waals surface area contributed by atoms with Gasteiger partial charge >= 0.3 is 7.75 Å². The van der Waals surface area contributed by atoms with Crippen LogP contribution in [-0.2, 0) is 4.57 Å². The highest BCUT2D eigenvalue weighted by Crippen LogP contribution is 2.45. The number of nitrogens with one attached hydrogen (secondary N) is 1. The largest absolute Gasteiger partial charge is 0.557 e. The fraction of sp³-hybridized carbons (Fsp3) is 0.0952. The van der Waals surface area contributed by atoms with Crippen molar-refractivity contribution in [2.75, 3.05) is 0 Å². The van der Waals surface area contributed by atoms with Crippen molar-refractivity contribution in [2.24, 2.45) is 5.10 Å². The Kier molecular flexibility index (Phi) is 6.10. The summed E-state index contributed by atoms with van der Waals surface area (Å²) in [4.78, 5) is 0. The van der Waals surface area contributed by atoms with Crippen LogP contribution in [0.15, 0.2) is 71.8 Å². The molecule has 8 heteroatoms. The maximum absolute atomic E-state index is 13.3. The van der Waals surface area contributed by atoms with E-state index in [1.165, 1.54) is 24.4 Å². The van der Waals surface area contributed by atoms with Crippen LogP contribution in [0, 0.1) is 13.8 Å². The van der Waals surface area contributed by atoms with Crippen molar-refractivity contribution in [1.29, 1.82) is 0 Å². The highest BCUT2D eigenvalue weighted by Gasteiger charge is 2.28. The third-order valence-electron chi connectivity index (χ3n) is 3.83. The topological polar surface area (TPSA) is 100 Å². The standard InChI is InChI=1S/C21H21N2O5P/c1-15-5-3-7-19(11-15)27-29(26,28-20-8-4-6-16(2)12-20)23-22-14-17-9-10-18(24)13-21(17)25/h3-14,24-25H,1-2H3,(H,23,26)/b22-14-. The van der Waals surface area contributed by atoms with Gasteiger partial charge in [-0.2, -0.15) is 10.3 Å². The summed E-state index contributed by atoms with van der Waals surface area (Å²) in [5.41, 5.74) is 2.18. The zero-order chi connectivity index (χ0) is 20.9. The molecule has 0 amide bonds. The Morgan fingerprint density at radius 3 is 2.00 bits per heavy atom. The minimum Gasteiger partial charge on any atom is -0.508 e. The number of hydrogen-bond donors (Lipinski definition) is 3. The molecule has 0 aliphatic carbocycles. The second-order valence-electron chi connectivity index (χ2n) is 6.41. The van der Waals surface area contributed by atoms with Crippen LogP contribution in [0.2, 0.25) is 0 Å². The number of hydrogen-bond acceptors (Lipinski definition) is 6. The van der Waals surface area contributed by atoms with Crippen LogP contribution in [0.1, 0.15) is 16.7 Å². The first-order valence-electron chi connectivity index (χ1n) is 8.78. The van der Waals surface area contributed by atoms with Crippen LogP contribution < -0.4 is 14.2 Å². The molecule has 0 atom stereocenters. The Morgan fingerprint density at radius 2 is 1.48 bits per heavy atom. The summed E-state index contributed by atoms with van der Waals surface area (Å²) < 4.78 is 24.6. The van der Waals surface area contributed by atoms with E-state index in [2.05, 4.69) is 10.3 Å². The van der Waals surface area contributed by atoms with Crippen molar-refractivity contribution in [3.63, 3.8) is 0 Å². The van der Waals surface area contributed by atoms with Gasteiger partial charge in [-0.25, -0.2) is 4.57 Å². The van der Waals surface area contributed by atoms with Crippen molar-refractivity contribution in [1.82, 2.24) is 5.20 Å². The molecule has 0 heterocycles. The van der Waals surface area contributed by atoms with Gasteiger partial charge in [-0.1, -0.05) is 24.3 Å². The molecule has 7 nitrogen and oxygen atoms in total. The Hall–Kier alpha value is -3.44. The van der Waals surface area contributed by atoms with E-state index in [9.17, 15) is 14.8 Å². The van der Waals surface area contributed by atoms with Gasteiger partial charge in [0.1, 0.15) is 23.0 Å². The van der Waals surface area contributed by atoms with Gasteiger partial charge in [-0.3, -0.25) is 0 Å². The van der Waals surface area contributed by atoms with Gasteiger partial charge in [0.15, 0.2) is 0 Å². The first kappa shape index (κ1) is 20.3. The molecule has 0 aromatic heterocycles. The summed E-state index contributed by atoms with van der Waals surface area (Å²) in [5, 5.41) is 25.5. The molecule has 0 unspecified atom stereocenters. The third-order valence-corrected chi connectivity index (χ3v) is 5.09. The van der Waals surface area contributed by atoms with Gasteiger partial charge < -0.3 is 19.3 Å². The maximum Gasteiger partial charge on any atom is 0.557 e. The molecule has 0 bridgehead atoms. The Labute approximate surface area is 168 Å². The maximum atomic E-state index is 13.3. The molecule has 3 aromatic carbocycles. The fourth-order valence-electron chi connectivity index (χ4n) is 2.49. The zero-order valence-electron chi connectivity index (χ0n) is 15.9. The van der Waals surface area contributed by atoms with E-state index in [-0.39, 0.29) is 11.5 Å². The lowest BCUT2D eigenvalue weighted by molar-refractivity contribution is 0.372. The van der Waals surface area contributed by atoms with Gasteiger partial charge in [0.2, 0.25) is 0 Å². The molecule has 3 rings (SSSR count). The summed E-state index contributed by atoms with van der Waals surface area (Å²) in [6.45, 7) is 3.77. The van der Waals surface area contributed by atoms with Crippen molar-refractivity contribution < 1.29 is 23.8 Å². The predicted octanol–water partition coefficient (Wildman–Crippen LogP) is 4.90. The molecule has 3 N–H and O–H groups in total. The molecule has 3 aromatic rings. The second-order valence-corrected chi connectivity index (χ2v) is 7.97. The van der Waals surface area contributed by atoms with Crippen LogP contribution in [-0.4, -0.2) is 16.4 Å². The number of aryl methyl sites for hydroxylation is 2. The summed E-state index contributed by atoms with van der Waals surface area (Å²) in [6, 6.07) is 18.1. The van der Waals surface area contributed by atoms with Gasteiger partial charge in [-0.05, 0) is 61.4 Å².